The highest BCUT2D eigenvalue weighted by Gasteiger charge is 2.16. The number of allylic oxidation sites excluding steroid dienone is 1. The van der Waals surface area contributed by atoms with Crippen molar-refractivity contribution in [1.29, 1.82) is 0 Å². The first kappa shape index (κ1) is 19.2. The molecule has 0 aliphatic rings. The van der Waals surface area contributed by atoms with Crippen LogP contribution in [0.15, 0.2) is 67.9 Å². The standard InChI is InChI=1S/C21H27FN2O/c1-3-5-11-20(25)17-23(13-4-2)16-19-10-8-14-24(19)15-18-9-6-7-12-21(18)22/h3-4,6-10,12,14,20,25H,1-2,5,11,13,15-17H2/p+1/t20-/m1/s1. The van der Waals surface area contributed by atoms with Crippen LogP contribution in [0.2, 0.25) is 0 Å². The summed E-state index contributed by atoms with van der Waals surface area (Å²) in [5.41, 5.74) is 1.80. The van der Waals surface area contributed by atoms with Crippen molar-refractivity contribution in [1.82, 2.24) is 4.57 Å². The van der Waals surface area contributed by atoms with Gasteiger partial charge in [-0.2, -0.15) is 0 Å². The number of benzene rings is 1. The minimum Gasteiger partial charge on any atom is -0.387 e. The van der Waals surface area contributed by atoms with Crippen molar-refractivity contribution < 1.29 is 14.4 Å². The van der Waals surface area contributed by atoms with E-state index in [0.29, 0.717) is 18.7 Å². The summed E-state index contributed by atoms with van der Waals surface area (Å²) in [5, 5.41) is 10.2. The first-order valence-corrected chi connectivity index (χ1v) is 8.75. The van der Waals surface area contributed by atoms with E-state index in [4.69, 9.17) is 0 Å². The van der Waals surface area contributed by atoms with E-state index in [-0.39, 0.29) is 11.9 Å². The van der Waals surface area contributed by atoms with Crippen LogP contribution in [0, 0.1) is 5.82 Å². The number of halogens is 1. The minimum absolute atomic E-state index is 0.183. The first-order chi connectivity index (χ1) is 12.1. The fraction of sp³-hybridized carbons (Fsp3) is 0.333. The number of aromatic nitrogens is 1. The van der Waals surface area contributed by atoms with Crippen molar-refractivity contribution in [2.45, 2.75) is 32.0 Å². The van der Waals surface area contributed by atoms with E-state index in [9.17, 15) is 9.50 Å². The molecule has 2 atom stereocenters. The SMILES string of the molecule is C=CCC[C@@H](O)C[NH+](CC=C)Cc1cccn1Cc1ccccc1F. The van der Waals surface area contributed by atoms with Gasteiger partial charge >= 0.3 is 0 Å². The number of nitrogens with zero attached hydrogens (tertiary/aromatic N) is 1. The Kier molecular flexibility index (Phi) is 7.64. The maximum absolute atomic E-state index is 13.9. The van der Waals surface area contributed by atoms with Crippen molar-refractivity contribution in [3.8, 4) is 0 Å². The number of hydrogen-bond acceptors (Lipinski definition) is 1. The van der Waals surface area contributed by atoms with Gasteiger partial charge in [-0.3, -0.25) is 0 Å². The van der Waals surface area contributed by atoms with Crippen molar-refractivity contribution in [2.24, 2.45) is 0 Å². The van der Waals surface area contributed by atoms with E-state index >= 15 is 0 Å². The van der Waals surface area contributed by atoms with Crippen LogP contribution >= 0.6 is 0 Å². The smallest absolute Gasteiger partial charge is 0.128 e. The molecule has 1 aromatic carbocycles. The van der Waals surface area contributed by atoms with Crippen LogP contribution in [0.25, 0.3) is 0 Å². The Labute approximate surface area is 149 Å². The van der Waals surface area contributed by atoms with E-state index < -0.39 is 0 Å². The van der Waals surface area contributed by atoms with E-state index in [0.717, 1.165) is 31.6 Å². The summed E-state index contributed by atoms with van der Waals surface area (Å²) < 4.78 is 16.0. The highest BCUT2D eigenvalue weighted by atomic mass is 19.1. The summed E-state index contributed by atoms with van der Waals surface area (Å²) in [6.07, 6.45) is 6.85. The second kappa shape index (κ2) is 9.97. The molecule has 0 saturated heterocycles. The molecule has 0 spiro atoms. The average Bonchev–Trinajstić information content (AvgIpc) is 3.02. The van der Waals surface area contributed by atoms with Gasteiger partial charge in [0.25, 0.3) is 0 Å². The average molecular weight is 343 g/mol. The Hall–Kier alpha value is -2.17. The Morgan fingerprint density at radius 1 is 1.16 bits per heavy atom. The zero-order valence-electron chi connectivity index (χ0n) is 14.7. The van der Waals surface area contributed by atoms with Gasteiger partial charge in [0.1, 0.15) is 25.0 Å². The lowest BCUT2D eigenvalue weighted by Gasteiger charge is -2.22. The van der Waals surface area contributed by atoms with Gasteiger partial charge in [-0.1, -0.05) is 30.9 Å². The molecule has 0 amide bonds. The summed E-state index contributed by atoms with van der Waals surface area (Å²) >= 11 is 0. The van der Waals surface area contributed by atoms with Crippen LogP contribution in [-0.2, 0) is 13.1 Å². The van der Waals surface area contributed by atoms with Crippen LogP contribution in [-0.4, -0.2) is 28.9 Å². The first-order valence-electron chi connectivity index (χ1n) is 8.75. The molecule has 2 aromatic rings. The molecule has 1 unspecified atom stereocenters. The van der Waals surface area contributed by atoms with Crippen LogP contribution in [0.1, 0.15) is 24.1 Å². The zero-order valence-corrected chi connectivity index (χ0v) is 14.7. The van der Waals surface area contributed by atoms with Crippen molar-refractivity contribution in [3.63, 3.8) is 0 Å². The third-order valence-corrected chi connectivity index (χ3v) is 4.31. The summed E-state index contributed by atoms with van der Waals surface area (Å²) in [7, 11) is 0. The molecular formula is C21H28FN2O+. The molecule has 0 aliphatic carbocycles. The lowest BCUT2D eigenvalue weighted by molar-refractivity contribution is -0.911. The van der Waals surface area contributed by atoms with Gasteiger partial charge in [-0.15, -0.1) is 6.58 Å². The molecule has 0 saturated carbocycles. The number of quaternary nitrogens is 1. The van der Waals surface area contributed by atoms with E-state index in [1.165, 1.54) is 11.0 Å². The maximum Gasteiger partial charge on any atom is 0.128 e. The predicted octanol–water partition coefficient (Wildman–Crippen LogP) is 2.57. The van der Waals surface area contributed by atoms with Gasteiger partial charge in [0.2, 0.25) is 0 Å². The highest BCUT2D eigenvalue weighted by molar-refractivity contribution is 5.19. The summed E-state index contributed by atoms with van der Waals surface area (Å²) in [6.45, 7) is 10.2. The molecule has 25 heavy (non-hydrogen) atoms. The second-order valence-electron chi connectivity index (χ2n) is 6.36. The molecule has 3 nitrogen and oxygen atoms in total. The Morgan fingerprint density at radius 2 is 1.96 bits per heavy atom. The normalized spacial score (nSPS) is 13.4. The molecule has 1 aromatic heterocycles. The molecule has 0 aliphatic heterocycles. The Balaban J connectivity index is 2.04. The fourth-order valence-electron chi connectivity index (χ4n) is 3.01. The summed E-state index contributed by atoms with van der Waals surface area (Å²) in [4.78, 5) is 1.24. The number of rotatable bonds is 11. The Bertz CT molecular complexity index is 680. The van der Waals surface area contributed by atoms with Gasteiger partial charge in [0, 0.05) is 11.8 Å². The second-order valence-corrected chi connectivity index (χ2v) is 6.36. The molecule has 0 fully saturated rings. The topological polar surface area (TPSA) is 29.6 Å². The van der Waals surface area contributed by atoms with Gasteiger partial charge in [0.05, 0.1) is 18.8 Å². The molecule has 0 bridgehead atoms. The van der Waals surface area contributed by atoms with Gasteiger partial charge < -0.3 is 14.6 Å². The van der Waals surface area contributed by atoms with Gasteiger partial charge in [-0.25, -0.2) is 4.39 Å². The van der Waals surface area contributed by atoms with Crippen LogP contribution in [0.5, 0.6) is 0 Å². The van der Waals surface area contributed by atoms with Crippen LogP contribution in [0.4, 0.5) is 4.39 Å². The lowest BCUT2D eigenvalue weighted by atomic mass is 10.2. The molecule has 2 rings (SSSR count). The predicted molar refractivity (Wildman–Crippen MR) is 100.0 cm³/mol. The van der Waals surface area contributed by atoms with Gasteiger partial charge in [0.15, 0.2) is 0 Å². The maximum atomic E-state index is 13.9. The largest absolute Gasteiger partial charge is 0.387 e. The van der Waals surface area contributed by atoms with E-state index in [1.807, 2.05) is 36.5 Å². The number of nitrogens with one attached hydrogen (secondary N) is 1. The molecule has 1 heterocycles. The summed E-state index contributed by atoms with van der Waals surface area (Å²) in [6, 6.07) is 10.9. The third kappa shape index (κ3) is 6.00. The fourth-order valence-corrected chi connectivity index (χ4v) is 3.01. The van der Waals surface area contributed by atoms with Crippen LogP contribution < -0.4 is 4.90 Å². The molecule has 4 heteroatoms. The number of aliphatic hydroxyl groups excluding tert-OH is 1. The van der Waals surface area contributed by atoms with Crippen molar-refractivity contribution in [2.75, 3.05) is 13.1 Å². The molecule has 0 radical (unpaired) electrons. The highest BCUT2D eigenvalue weighted by Crippen LogP contribution is 2.11. The van der Waals surface area contributed by atoms with E-state index in [2.05, 4.69) is 23.8 Å². The number of hydrogen-bond donors (Lipinski definition) is 2. The molecule has 134 valence electrons. The van der Waals surface area contributed by atoms with Crippen molar-refractivity contribution >= 4 is 0 Å². The number of aliphatic hydroxyl groups is 1. The van der Waals surface area contributed by atoms with Crippen LogP contribution in [0.3, 0.4) is 0 Å². The quantitative estimate of drug-likeness (QED) is 0.604. The monoisotopic (exact) mass is 343 g/mol. The lowest BCUT2D eigenvalue weighted by Crippen LogP contribution is -3.11. The zero-order chi connectivity index (χ0) is 18.1. The minimum atomic E-state index is -0.358. The third-order valence-electron chi connectivity index (χ3n) is 4.31. The van der Waals surface area contributed by atoms with E-state index in [1.54, 1.807) is 6.07 Å². The molecule has 2 N–H and O–H groups in total. The van der Waals surface area contributed by atoms with Gasteiger partial charge in [-0.05, 0) is 37.1 Å². The molecular weight excluding hydrogens is 315 g/mol. The Morgan fingerprint density at radius 3 is 2.68 bits per heavy atom. The summed E-state index contributed by atoms with van der Waals surface area (Å²) in [5.74, 6) is -0.183. The van der Waals surface area contributed by atoms with Crippen molar-refractivity contribution in [3.05, 3.63) is 85.0 Å².